The first kappa shape index (κ1) is 12.6. The van der Waals surface area contributed by atoms with Crippen LogP contribution < -0.4 is 0 Å². The molecule has 2 fully saturated rings. The van der Waals surface area contributed by atoms with E-state index >= 15 is 0 Å². The number of aromatic nitrogens is 1. The predicted octanol–water partition coefficient (Wildman–Crippen LogP) is 3.97. The second-order valence-electron chi connectivity index (χ2n) is 6.11. The lowest BCUT2D eigenvalue weighted by Crippen LogP contribution is -2.42. The minimum absolute atomic E-state index is 0.387. The van der Waals surface area contributed by atoms with Gasteiger partial charge in [0.25, 0.3) is 0 Å². The van der Waals surface area contributed by atoms with Crippen LogP contribution in [0.15, 0.2) is 36.5 Å². The van der Waals surface area contributed by atoms with Crippen molar-refractivity contribution in [3.63, 3.8) is 0 Å². The lowest BCUT2D eigenvalue weighted by atomic mass is 10.0. The average Bonchev–Trinajstić information content (AvgIpc) is 2.70. The van der Waals surface area contributed by atoms with Crippen molar-refractivity contribution in [2.24, 2.45) is 0 Å². The largest absolute Gasteiger partial charge is 0.293 e. The van der Waals surface area contributed by atoms with Gasteiger partial charge in [0.05, 0.1) is 5.52 Å². The van der Waals surface area contributed by atoms with Gasteiger partial charge in [0.1, 0.15) is 0 Å². The van der Waals surface area contributed by atoms with Crippen LogP contribution in [0.1, 0.15) is 31.2 Å². The van der Waals surface area contributed by atoms with Crippen molar-refractivity contribution in [2.45, 2.75) is 49.7 Å². The maximum atomic E-state index is 6.37. The van der Waals surface area contributed by atoms with E-state index in [0.717, 1.165) is 24.9 Å². The first-order chi connectivity index (χ1) is 9.81. The second-order valence-corrected chi connectivity index (χ2v) is 6.73. The van der Waals surface area contributed by atoms with E-state index < -0.39 is 0 Å². The highest BCUT2D eigenvalue weighted by Crippen LogP contribution is 2.39. The smallest absolute Gasteiger partial charge is 0.0705 e. The molecule has 2 nitrogen and oxygen atoms in total. The van der Waals surface area contributed by atoms with Gasteiger partial charge in [0, 0.05) is 35.6 Å². The molecule has 20 heavy (non-hydrogen) atoms. The van der Waals surface area contributed by atoms with Crippen LogP contribution in [0.5, 0.6) is 0 Å². The number of piperidine rings is 1. The molecule has 2 aliphatic rings. The van der Waals surface area contributed by atoms with Crippen LogP contribution in [0, 0.1) is 0 Å². The van der Waals surface area contributed by atoms with Crippen molar-refractivity contribution in [1.82, 2.24) is 9.88 Å². The molecule has 0 radical (unpaired) electrons. The molecule has 4 rings (SSSR count). The average molecular weight is 287 g/mol. The number of hydrogen-bond acceptors (Lipinski definition) is 2. The van der Waals surface area contributed by atoms with Gasteiger partial charge in [-0.1, -0.05) is 18.2 Å². The molecule has 2 atom stereocenters. The maximum Gasteiger partial charge on any atom is 0.0705 e. The Hall–Kier alpha value is -1.12. The fraction of sp³-hybridized carbons (Fsp3) is 0.471. The number of alkyl halides is 1. The molecule has 1 aromatic heterocycles. The summed E-state index contributed by atoms with van der Waals surface area (Å²) in [4.78, 5) is 7.14. The molecule has 2 aliphatic heterocycles. The highest BCUT2D eigenvalue weighted by Gasteiger charge is 2.39. The number of halogens is 1. The summed E-state index contributed by atoms with van der Waals surface area (Å²) < 4.78 is 0. The Morgan fingerprint density at radius 1 is 1.10 bits per heavy atom. The Morgan fingerprint density at radius 2 is 1.85 bits per heavy atom. The first-order valence-corrected chi connectivity index (χ1v) is 7.97. The molecule has 1 aromatic carbocycles. The minimum Gasteiger partial charge on any atom is -0.293 e. The lowest BCUT2D eigenvalue weighted by molar-refractivity contribution is 0.135. The van der Waals surface area contributed by atoms with Gasteiger partial charge in [0.15, 0.2) is 0 Å². The van der Waals surface area contributed by atoms with Gasteiger partial charge < -0.3 is 0 Å². The van der Waals surface area contributed by atoms with Crippen molar-refractivity contribution in [2.75, 3.05) is 0 Å². The summed E-state index contributed by atoms with van der Waals surface area (Å²) in [6.45, 7) is 1.04. The van der Waals surface area contributed by atoms with Gasteiger partial charge in [-0.05, 0) is 43.4 Å². The molecule has 3 heterocycles. The van der Waals surface area contributed by atoms with Crippen LogP contribution in [-0.4, -0.2) is 27.3 Å². The van der Waals surface area contributed by atoms with Crippen molar-refractivity contribution >= 4 is 22.5 Å². The summed E-state index contributed by atoms with van der Waals surface area (Å²) in [6, 6.07) is 12.0. The summed E-state index contributed by atoms with van der Waals surface area (Å²) in [5.74, 6) is 0. The Balaban J connectivity index is 1.65. The zero-order valence-corrected chi connectivity index (χ0v) is 12.3. The summed E-state index contributed by atoms with van der Waals surface area (Å²) in [5, 5.41) is 1.68. The maximum absolute atomic E-state index is 6.37. The third-order valence-corrected chi connectivity index (χ3v) is 5.28. The van der Waals surface area contributed by atoms with Crippen molar-refractivity contribution in [1.29, 1.82) is 0 Å². The lowest BCUT2D eigenvalue weighted by Gasteiger charge is -2.37. The molecule has 0 spiro atoms. The number of para-hydroxylation sites is 1. The summed E-state index contributed by atoms with van der Waals surface area (Å²) >= 11 is 6.37. The number of rotatable bonds is 2. The van der Waals surface area contributed by atoms with E-state index in [1.165, 1.54) is 23.8 Å². The number of benzene rings is 1. The van der Waals surface area contributed by atoms with Crippen LogP contribution in [0.4, 0.5) is 0 Å². The number of pyridine rings is 1. The summed E-state index contributed by atoms with van der Waals surface area (Å²) in [5.41, 5.74) is 2.50. The van der Waals surface area contributed by atoms with Crippen LogP contribution in [-0.2, 0) is 6.54 Å². The Kier molecular flexibility index (Phi) is 3.16. The van der Waals surface area contributed by atoms with Gasteiger partial charge in [-0.3, -0.25) is 9.88 Å². The molecule has 3 heteroatoms. The molecular weight excluding hydrogens is 268 g/mol. The van der Waals surface area contributed by atoms with E-state index in [1.54, 1.807) is 0 Å². The van der Waals surface area contributed by atoms with E-state index in [2.05, 4.69) is 40.2 Å². The van der Waals surface area contributed by atoms with Gasteiger partial charge in [-0.15, -0.1) is 11.6 Å². The molecule has 2 unspecified atom stereocenters. The van der Waals surface area contributed by atoms with Crippen LogP contribution >= 0.6 is 11.6 Å². The third-order valence-electron chi connectivity index (χ3n) is 4.92. The quantitative estimate of drug-likeness (QED) is 0.777. The van der Waals surface area contributed by atoms with Gasteiger partial charge in [0.2, 0.25) is 0 Å². The topological polar surface area (TPSA) is 16.1 Å². The zero-order valence-electron chi connectivity index (χ0n) is 11.5. The van der Waals surface area contributed by atoms with Crippen LogP contribution in [0.25, 0.3) is 10.9 Å². The SMILES string of the molecule is ClC1CC2CCC(C1)N2Cc1ccnc2ccccc12. The van der Waals surface area contributed by atoms with Gasteiger partial charge >= 0.3 is 0 Å². The van der Waals surface area contributed by atoms with Gasteiger partial charge in [-0.25, -0.2) is 0 Å². The molecular formula is C17H19ClN2. The van der Waals surface area contributed by atoms with E-state index in [4.69, 9.17) is 11.6 Å². The second kappa shape index (κ2) is 5.01. The normalized spacial score (nSPS) is 29.9. The monoisotopic (exact) mass is 286 g/mol. The fourth-order valence-electron chi connectivity index (χ4n) is 3.96. The van der Waals surface area contributed by atoms with Crippen molar-refractivity contribution in [3.05, 3.63) is 42.1 Å². The molecule has 0 aliphatic carbocycles. The molecule has 2 bridgehead atoms. The molecule has 2 aromatic rings. The Bertz CT molecular complexity index is 608. The molecule has 104 valence electrons. The van der Waals surface area contributed by atoms with Crippen molar-refractivity contribution in [3.8, 4) is 0 Å². The molecule has 0 N–H and O–H groups in total. The predicted molar refractivity (Wildman–Crippen MR) is 83.0 cm³/mol. The van der Waals surface area contributed by atoms with E-state index in [9.17, 15) is 0 Å². The van der Waals surface area contributed by atoms with Crippen molar-refractivity contribution < 1.29 is 0 Å². The van der Waals surface area contributed by atoms with Gasteiger partial charge in [-0.2, -0.15) is 0 Å². The minimum atomic E-state index is 0.387. The molecule has 0 saturated carbocycles. The highest BCUT2D eigenvalue weighted by molar-refractivity contribution is 6.20. The van der Waals surface area contributed by atoms with Crippen LogP contribution in [0.2, 0.25) is 0 Å². The van der Waals surface area contributed by atoms with Crippen LogP contribution in [0.3, 0.4) is 0 Å². The summed E-state index contributed by atoms with van der Waals surface area (Å²) in [6.07, 6.45) is 6.88. The Labute approximate surface area is 124 Å². The van der Waals surface area contributed by atoms with E-state index in [0.29, 0.717) is 17.5 Å². The third kappa shape index (κ3) is 2.11. The first-order valence-electron chi connectivity index (χ1n) is 7.54. The standard InChI is InChI=1S/C17H19ClN2/c18-13-9-14-5-6-15(10-13)20(14)11-12-7-8-19-17-4-2-1-3-16(12)17/h1-4,7-8,13-15H,5-6,9-11H2. The molecule has 2 saturated heterocycles. The Morgan fingerprint density at radius 3 is 2.65 bits per heavy atom. The van der Waals surface area contributed by atoms with E-state index in [1.807, 2.05) is 6.20 Å². The number of nitrogens with zero attached hydrogens (tertiary/aromatic N) is 2. The number of hydrogen-bond donors (Lipinski definition) is 0. The highest BCUT2D eigenvalue weighted by atomic mass is 35.5. The number of fused-ring (bicyclic) bond motifs is 3. The summed E-state index contributed by atoms with van der Waals surface area (Å²) in [7, 11) is 0. The fourth-order valence-corrected chi connectivity index (χ4v) is 4.37. The molecule has 0 amide bonds. The zero-order chi connectivity index (χ0) is 13.5. The van der Waals surface area contributed by atoms with E-state index in [-0.39, 0.29) is 0 Å².